The third-order valence-electron chi connectivity index (χ3n) is 3.24. The largest absolute Gasteiger partial charge is 0.344 e. The summed E-state index contributed by atoms with van der Waals surface area (Å²) in [4.78, 5) is 17.6. The van der Waals surface area contributed by atoms with Gasteiger partial charge in [0.15, 0.2) is 0 Å². The van der Waals surface area contributed by atoms with E-state index >= 15 is 0 Å². The maximum Gasteiger partial charge on any atom is 0.239 e. The summed E-state index contributed by atoms with van der Waals surface area (Å²) in [7, 11) is 1.76. The van der Waals surface area contributed by atoms with Crippen molar-refractivity contribution < 1.29 is 9.18 Å². The molecule has 1 aliphatic heterocycles. The lowest BCUT2D eigenvalue weighted by Crippen LogP contribution is -2.42. The fourth-order valence-electron chi connectivity index (χ4n) is 2.10. The van der Waals surface area contributed by atoms with Gasteiger partial charge in [-0.15, -0.1) is 24.8 Å². The number of amides is 1. The summed E-state index contributed by atoms with van der Waals surface area (Å²) < 4.78 is 13.0. The number of hydrogen-bond acceptors (Lipinski definition) is 3. The Balaban J connectivity index is 0.00000180. The lowest BCUT2D eigenvalue weighted by molar-refractivity contribution is -0.131. The first-order chi connectivity index (χ1) is 8.66. The van der Waals surface area contributed by atoms with Crippen LogP contribution in [-0.4, -0.2) is 48.1 Å². The van der Waals surface area contributed by atoms with Gasteiger partial charge in [-0.2, -0.15) is 0 Å². The Hall–Kier alpha value is -0.910. The third-order valence-corrected chi connectivity index (χ3v) is 3.24. The van der Waals surface area contributed by atoms with Gasteiger partial charge >= 0.3 is 0 Å². The van der Waals surface area contributed by atoms with E-state index in [1.807, 2.05) is 12.1 Å². The lowest BCUT2D eigenvalue weighted by Gasteiger charge is -2.21. The highest BCUT2D eigenvalue weighted by atomic mass is 35.5. The molecule has 20 heavy (non-hydrogen) atoms. The fourth-order valence-corrected chi connectivity index (χ4v) is 2.10. The summed E-state index contributed by atoms with van der Waals surface area (Å²) in [5.74, 6) is -0.0239. The predicted molar refractivity (Wildman–Crippen MR) is 81.4 cm³/mol. The monoisotopic (exact) mass is 323 g/mol. The number of hydrogen-bond donors (Lipinski definition) is 1. The zero-order valence-corrected chi connectivity index (χ0v) is 12.9. The minimum atomic E-state index is -0.896. The summed E-state index contributed by atoms with van der Waals surface area (Å²) in [6, 6.07) is 3.51. The molecule has 1 aromatic rings. The Bertz CT molecular complexity index is 408. The van der Waals surface area contributed by atoms with Crippen LogP contribution in [0.4, 0.5) is 4.39 Å². The minimum Gasteiger partial charge on any atom is -0.344 e. The highest BCUT2D eigenvalue weighted by Crippen LogP contribution is 2.12. The minimum absolute atomic E-state index is 0. The van der Waals surface area contributed by atoms with Gasteiger partial charge in [0.05, 0.1) is 6.04 Å². The molecule has 0 saturated carbocycles. The quantitative estimate of drug-likeness (QED) is 0.916. The molecular formula is C13H20Cl2FN3O. The highest BCUT2D eigenvalue weighted by molar-refractivity contribution is 5.85. The van der Waals surface area contributed by atoms with E-state index in [1.54, 1.807) is 24.3 Å². The first kappa shape index (κ1) is 19.1. The zero-order valence-electron chi connectivity index (χ0n) is 11.3. The molecule has 0 radical (unpaired) electrons. The molecule has 1 amide bonds. The van der Waals surface area contributed by atoms with Gasteiger partial charge in [-0.1, -0.05) is 0 Å². The molecule has 2 rings (SSSR count). The van der Waals surface area contributed by atoms with Crippen molar-refractivity contribution in [2.45, 2.75) is 25.1 Å². The Kier molecular flexibility index (Phi) is 8.69. The summed E-state index contributed by atoms with van der Waals surface area (Å²) >= 11 is 0. The smallest absolute Gasteiger partial charge is 0.239 e. The molecule has 1 N–H and O–H groups in total. The van der Waals surface area contributed by atoms with E-state index in [0.717, 1.165) is 12.0 Å². The van der Waals surface area contributed by atoms with Gasteiger partial charge in [0, 0.05) is 39.0 Å². The molecule has 7 heteroatoms. The summed E-state index contributed by atoms with van der Waals surface area (Å²) in [5, 5.41) is 2.91. The number of carbonyl (C=O) groups is 1. The van der Waals surface area contributed by atoms with E-state index in [2.05, 4.69) is 10.3 Å². The van der Waals surface area contributed by atoms with E-state index in [-0.39, 0.29) is 43.3 Å². The fraction of sp³-hybridized carbons (Fsp3) is 0.538. The molecule has 0 aliphatic carbocycles. The van der Waals surface area contributed by atoms with Crippen LogP contribution in [0.3, 0.4) is 0 Å². The average Bonchev–Trinajstić information content (AvgIpc) is 2.83. The lowest BCUT2D eigenvalue weighted by atomic mass is 10.1. The van der Waals surface area contributed by atoms with Crippen molar-refractivity contribution in [3.63, 3.8) is 0 Å². The Morgan fingerprint density at radius 2 is 2.10 bits per heavy atom. The SMILES string of the molecule is CN(CCc1ccncc1)C(=O)[C@H]1C[C@H](F)CN1.Cl.Cl. The Labute approximate surface area is 131 Å². The molecule has 2 heterocycles. The van der Waals surface area contributed by atoms with Crippen LogP contribution in [-0.2, 0) is 11.2 Å². The van der Waals surface area contributed by atoms with Crippen molar-refractivity contribution in [1.29, 1.82) is 0 Å². The van der Waals surface area contributed by atoms with E-state index in [1.165, 1.54) is 0 Å². The highest BCUT2D eigenvalue weighted by Gasteiger charge is 2.30. The van der Waals surface area contributed by atoms with Gasteiger partial charge in [-0.05, 0) is 24.1 Å². The molecule has 2 atom stereocenters. The van der Waals surface area contributed by atoms with Gasteiger partial charge in [-0.25, -0.2) is 4.39 Å². The van der Waals surface area contributed by atoms with Gasteiger partial charge in [0.2, 0.25) is 5.91 Å². The summed E-state index contributed by atoms with van der Waals surface area (Å²) in [5.41, 5.74) is 1.15. The van der Waals surface area contributed by atoms with Crippen LogP contribution in [0, 0.1) is 0 Å². The van der Waals surface area contributed by atoms with Crippen molar-refractivity contribution >= 4 is 30.7 Å². The number of nitrogens with one attached hydrogen (secondary N) is 1. The number of rotatable bonds is 4. The number of carbonyl (C=O) groups excluding carboxylic acids is 1. The number of nitrogens with zero attached hydrogens (tertiary/aromatic N) is 2. The number of likely N-dealkylation sites (N-methyl/N-ethyl adjacent to an activating group) is 1. The average molecular weight is 324 g/mol. The molecule has 4 nitrogen and oxygen atoms in total. The Morgan fingerprint density at radius 3 is 2.65 bits per heavy atom. The summed E-state index contributed by atoms with van der Waals surface area (Å²) in [6.07, 6.45) is 3.66. The molecule has 1 aliphatic rings. The predicted octanol–water partition coefficient (Wildman–Crippen LogP) is 1.63. The van der Waals surface area contributed by atoms with Crippen molar-refractivity contribution in [1.82, 2.24) is 15.2 Å². The van der Waals surface area contributed by atoms with Crippen LogP contribution in [0.15, 0.2) is 24.5 Å². The standard InChI is InChI=1S/C13H18FN3O.2ClH/c1-17(7-4-10-2-5-15-6-3-10)13(18)12-8-11(14)9-16-12;;/h2-3,5-6,11-12,16H,4,7-9H2,1H3;2*1H/t11-,12+;;/m0../s1. The molecule has 0 aromatic carbocycles. The second kappa shape index (κ2) is 9.10. The zero-order chi connectivity index (χ0) is 13.0. The Morgan fingerprint density at radius 1 is 1.45 bits per heavy atom. The topological polar surface area (TPSA) is 45.2 Å². The maximum absolute atomic E-state index is 13.0. The van der Waals surface area contributed by atoms with Crippen molar-refractivity contribution in [3.8, 4) is 0 Å². The third kappa shape index (κ3) is 5.23. The first-order valence-corrected chi connectivity index (χ1v) is 6.18. The van der Waals surface area contributed by atoms with Crippen LogP contribution >= 0.6 is 24.8 Å². The second-order valence-electron chi connectivity index (χ2n) is 4.66. The van der Waals surface area contributed by atoms with Crippen molar-refractivity contribution in [3.05, 3.63) is 30.1 Å². The van der Waals surface area contributed by atoms with Crippen molar-refractivity contribution in [2.75, 3.05) is 20.1 Å². The number of alkyl halides is 1. The molecule has 0 bridgehead atoms. The van der Waals surface area contributed by atoms with E-state index in [9.17, 15) is 9.18 Å². The summed E-state index contributed by atoms with van der Waals surface area (Å²) in [6.45, 7) is 0.923. The molecule has 1 aromatic heterocycles. The van der Waals surface area contributed by atoms with Crippen LogP contribution < -0.4 is 5.32 Å². The first-order valence-electron chi connectivity index (χ1n) is 6.18. The molecule has 114 valence electrons. The van der Waals surface area contributed by atoms with E-state index < -0.39 is 6.17 Å². The number of pyridine rings is 1. The van der Waals surface area contributed by atoms with Gasteiger partial charge in [0.25, 0.3) is 0 Å². The molecule has 0 spiro atoms. The van der Waals surface area contributed by atoms with Crippen LogP contribution in [0.25, 0.3) is 0 Å². The number of halogens is 3. The normalized spacial score (nSPS) is 20.7. The van der Waals surface area contributed by atoms with Gasteiger partial charge in [-0.3, -0.25) is 9.78 Å². The maximum atomic E-state index is 13.0. The molecular weight excluding hydrogens is 304 g/mol. The van der Waals surface area contributed by atoms with Crippen LogP contribution in [0.5, 0.6) is 0 Å². The van der Waals surface area contributed by atoms with E-state index in [4.69, 9.17) is 0 Å². The number of aromatic nitrogens is 1. The van der Waals surface area contributed by atoms with Crippen LogP contribution in [0.2, 0.25) is 0 Å². The second-order valence-corrected chi connectivity index (χ2v) is 4.66. The van der Waals surface area contributed by atoms with Gasteiger partial charge in [0.1, 0.15) is 6.17 Å². The van der Waals surface area contributed by atoms with Crippen molar-refractivity contribution in [2.24, 2.45) is 0 Å². The van der Waals surface area contributed by atoms with E-state index in [0.29, 0.717) is 13.0 Å². The van der Waals surface area contributed by atoms with Crippen LogP contribution in [0.1, 0.15) is 12.0 Å². The molecule has 1 saturated heterocycles. The van der Waals surface area contributed by atoms with Gasteiger partial charge < -0.3 is 10.2 Å². The molecule has 0 unspecified atom stereocenters. The molecule has 1 fully saturated rings.